The quantitative estimate of drug-likeness (QED) is 0.630. The summed E-state index contributed by atoms with van der Waals surface area (Å²) < 4.78 is 6.52. The van der Waals surface area contributed by atoms with Gasteiger partial charge in [-0.2, -0.15) is 0 Å². The van der Waals surface area contributed by atoms with Crippen LogP contribution in [0.2, 0.25) is 0 Å². The molecule has 5 aliphatic carbocycles. The third-order valence-electron chi connectivity index (χ3n) is 13.2. The van der Waals surface area contributed by atoms with Gasteiger partial charge in [-0.1, -0.05) is 27.7 Å². The van der Waals surface area contributed by atoms with Gasteiger partial charge in [0.15, 0.2) is 0 Å². The van der Waals surface area contributed by atoms with Crippen LogP contribution in [0.4, 0.5) is 0 Å². The zero-order chi connectivity index (χ0) is 21.3. The summed E-state index contributed by atoms with van der Waals surface area (Å²) in [5.74, 6) is 2.56. The Kier molecular flexibility index (Phi) is 4.00. The van der Waals surface area contributed by atoms with Gasteiger partial charge in [0.1, 0.15) is 0 Å². The van der Waals surface area contributed by atoms with Gasteiger partial charge in [-0.15, -0.1) is 0 Å². The topological polar surface area (TPSA) is 24.5 Å². The van der Waals surface area contributed by atoms with Crippen molar-refractivity contribution in [1.82, 2.24) is 10.2 Å². The number of rotatable bonds is 1. The number of nitrogens with one attached hydrogen (secondary N) is 1. The highest BCUT2D eigenvalue weighted by molar-refractivity contribution is 5.31. The van der Waals surface area contributed by atoms with Crippen LogP contribution in [-0.4, -0.2) is 43.9 Å². The predicted octanol–water partition coefficient (Wildman–Crippen LogP) is 5.30. The first-order chi connectivity index (χ1) is 14.1. The lowest BCUT2D eigenvalue weighted by atomic mass is 9.42. The molecule has 6 fully saturated rings. The highest BCUT2D eigenvalue weighted by Crippen LogP contribution is 2.89. The number of ether oxygens (including phenoxy) is 1. The molecule has 0 bridgehead atoms. The van der Waals surface area contributed by atoms with Gasteiger partial charge in [0, 0.05) is 18.0 Å². The molecule has 1 heterocycles. The number of nitrogens with zero attached hydrogens (tertiary/aromatic N) is 1. The monoisotopic (exact) mass is 414 g/mol. The van der Waals surface area contributed by atoms with Crippen molar-refractivity contribution in [1.29, 1.82) is 0 Å². The molecule has 3 heteroatoms. The first-order valence-corrected chi connectivity index (χ1v) is 13.1. The summed E-state index contributed by atoms with van der Waals surface area (Å²) >= 11 is 0. The summed E-state index contributed by atoms with van der Waals surface area (Å²) in [6, 6.07) is 1.35. The second-order valence-corrected chi connectivity index (χ2v) is 13.8. The second kappa shape index (κ2) is 5.86. The maximum atomic E-state index is 6.52. The van der Waals surface area contributed by atoms with Crippen LogP contribution in [0.25, 0.3) is 0 Å². The Labute approximate surface area is 185 Å². The van der Waals surface area contributed by atoms with Crippen LogP contribution >= 0.6 is 0 Å². The molecule has 30 heavy (non-hydrogen) atoms. The van der Waals surface area contributed by atoms with Crippen molar-refractivity contribution < 1.29 is 4.74 Å². The van der Waals surface area contributed by atoms with Crippen molar-refractivity contribution in [3.05, 3.63) is 0 Å². The molecule has 0 amide bonds. The average molecular weight is 415 g/mol. The lowest BCUT2D eigenvalue weighted by molar-refractivity contribution is -0.161. The van der Waals surface area contributed by atoms with Gasteiger partial charge >= 0.3 is 0 Å². The van der Waals surface area contributed by atoms with E-state index in [2.05, 4.69) is 58.9 Å². The summed E-state index contributed by atoms with van der Waals surface area (Å²) in [4.78, 5) is 2.47. The number of fused-ring (bicyclic) bond motifs is 4. The van der Waals surface area contributed by atoms with Gasteiger partial charge in [-0.3, -0.25) is 4.90 Å². The van der Waals surface area contributed by atoms with Crippen molar-refractivity contribution >= 4 is 0 Å². The smallest absolute Gasteiger partial charge is 0.0994 e. The molecule has 0 aromatic rings. The van der Waals surface area contributed by atoms with E-state index in [1.165, 1.54) is 44.9 Å². The zero-order valence-electron chi connectivity index (χ0n) is 20.7. The van der Waals surface area contributed by atoms with E-state index < -0.39 is 0 Å². The van der Waals surface area contributed by atoms with Gasteiger partial charge in [0.2, 0.25) is 0 Å². The minimum atomic E-state index is 0.438. The van der Waals surface area contributed by atoms with E-state index >= 15 is 0 Å². The molecule has 1 N–H and O–H groups in total. The molecule has 3 nitrogen and oxygen atoms in total. The van der Waals surface area contributed by atoms with Crippen molar-refractivity contribution in [2.45, 2.75) is 104 Å². The van der Waals surface area contributed by atoms with Crippen LogP contribution in [0.3, 0.4) is 0 Å². The Morgan fingerprint density at radius 1 is 0.900 bits per heavy atom. The normalized spacial score (nSPS) is 61.3. The summed E-state index contributed by atoms with van der Waals surface area (Å²) in [7, 11) is 4.47. The molecular weight excluding hydrogens is 368 g/mol. The first kappa shape index (κ1) is 20.5. The molecule has 1 aliphatic heterocycles. The van der Waals surface area contributed by atoms with Crippen molar-refractivity contribution in [3.63, 3.8) is 0 Å². The van der Waals surface area contributed by atoms with E-state index in [-0.39, 0.29) is 0 Å². The van der Waals surface area contributed by atoms with Crippen LogP contribution in [-0.2, 0) is 4.74 Å². The fourth-order valence-electron chi connectivity index (χ4n) is 11.6. The fraction of sp³-hybridized carbons (Fsp3) is 1.00. The third kappa shape index (κ3) is 2.02. The second-order valence-electron chi connectivity index (χ2n) is 13.8. The summed E-state index contributed by atoms with van der Waals surface area (Å²) in [6.07, 6.45) is 12.1. The molecule has 1 saturated heterocycles. The summed E-state index contributed by atoms with van der Waals surface area (Å²) in [5.41, 5.74) is 2.65. The van der Waals surface area contributed by atoms with Crippen LogP contribution < -0.4 is 5.32 Å². The molecule has 5 saturated carbocycles. The number of hydrogen-bond acceptors (Lipinski definition) is 3. The Bertz CT molecular complexity index is 751. The molecule has 6 aliphatic rings. The van der Waals surface area contributed by atoms with E-state index in [0.717, 1.165) is 18.6 Å². The van der Waals surface area contributed by atoms with Crippen molar-refractivity contribution in [3.8, 4) is 0 Å². The van der Waals surface area contributed by atoms with Crippen LogP contribution in [0.15, 0.2) is 0 Å². The SMILES string of the molecule is CN[C@H]1CC[C@@]23C[C@]24CC[C@]2(C)[C@@H]5[C@@H](C[C@@]2(C)[C@@H]4CC[C@H]3C1(C)C)OCN(C)[C@H]5C. The molecular formula is C27H46N2O. The van der Waals surface area contributed by atoms with E-state index in [1.807, 2.05) is 0 Å². The minimum Gasteiger partial charge on any atom is -0.362 e. The van der Waals surface area contributed by atoms with Gasteiger partial charge in [-0.25, -0.2) is 0 Å². The van der Waals surface area contributed by atoms with Gasteiger partial charge in [-0.05, 0) is 111 Å². The predicted molar refractivity (Wildman–Crippen MR) is 122 cm³/mol. The van der Waals surface area contributed by atoms with Crippen molar-refractivity contribution in [2.24, 2.45) is 44.8 Å². The Morgan fingerprint density at radius 2 is 1.60 bits per heavy atom. The molecule has 0 aromatic carbocycles. The third-order valence-corrected chi connectivity index (χ3v) is 13.2. The van der Waals surface area contributed by atoms with Crippen LogP contribution in [0.1, 0.15) is 86.0 Å². The van der Waals surface area contributed by atoms with Crippen LogP contribution in [0.5, 0.6) is 0 Å². The van der Waals surface area contributed by atoms with E-state index in [1.54, 1.807) is 6.42 Å². The lowest BCUT2D eigenvalue weighted by Gasteiger charge is -2.63. The zero-order valence-corrected chi connectivity index (χ0v) is 20.7. The minimum absolute atomic E-state index is 0.438. The Hall–Kier alpha value is -0.120. The maximum absolute atomic E-state index is 6.52. The van der Waals surface area contributed by atoms with Crippen LogP contribution in [0, 0.1) is 44.8 Å². The molecule has 0 unspecified atom stereocenters. The fourth-order valence-corrected chi connectivity index (χ4v) is 11.6. The number of hydrogen-bond donors (Lipinski definition) is 1. The maximum Gasteiger partial charge on any atom is 0.0994 e. The molecule has 6 rings (SSSR count). The average Bonchev–Trinajstić information content (AvgIpc) is 3.28. The molecule has 0 radical (unpaired) electrons. The van der Waals surface area contributed by atoms with E-state index in [0.29, 0.717) is 51.2 Å². The summed E-state index contributed by atoms with van der Waals surface area (Å²) in [5, 5.41) is 3.70. The van der Waals surface area contributed by atoms with Gasteiger partial charge in [0.05, 0.1) is 12.8 Å². The largest absolute Gasteiger partial charge is 0.362 e. The highest BCUT2D eigenvalue weighted by atomic mass is 16.5. The van der Waals surface area contributed by atoms with E-state index in [4.69, 9.17) is 4.74 Å². The molecule has 10 atom stereocenters. The first-order valence-electron chi connectivity index (χ1n) is 13.1. The molecule has 2 spiro atoms. The van der Waals surface area contributed by atoms with Gasteiger partial charge < -0.3 is 10.1 Å². The highest BCUT2D eigenvalue weighted by Gasteiger charge is 2.83. The Balaban J connectivity index is 1.38. The van der Waals surface area contributed by atoms with Gasteiger partial charge in [0.25, 0.3) is 0 Å². The van der Waals surface area contributed by atoms with Crippen molar-refractivity contribution in [2.75, 3.05) is 20.8 Å². The lowest BCUT2D eigenvalue weighted by Crippen LogP contribution is -2.60. The molecule has 170 valence electrons. The Morgan fingerprint density at radius 3 is 2.33 bits per heavy atom. The summed E-state index contributed by atoms with van der Waals surface area (Å²) in [6.45, 7) is 13.9. The standard InChI is InChI=1S/C27H46N2O/c1-17-22-18(30-16-29(17)7)14-25(5)20-9-8-19-23(2,3)21(28-6)10-11-26(19)15-27(20,26)13-12-24(22,25)4/h17-22,28H,8-16H2,1-7H3/t17-,18+,19-,20-,21-,22-,24+,25-,26-,27-/m0/s1. The van der Waals surface area contributed by atoms with E-state index in [9.17, 15) is 0 Å². The molecule has 0 aromatic heterocycles.